The highest BCUT2D eigenvalue weighted by molar-refractivity contribution is 8.26. The van der Waals surface area contributed by atoms with Crippen LogP contribution in [0.1, 0.15) is 18.4 Å². The zero-order chi connectivity index (χ0) is 19.2. The number of thioether (sulfide) groups is 1. The second kappa shape index (κ2) is 9.16. The lowest BCUT2D eigenvalue weighted by Crippen LogP contribution is -2.29. The van der Waals surface area contributed by atoms with Crippen molar-refractivity contribution in [1.82, 2.24) is 9.88 Å². The van der Waals surface area contributed by atoms with Gasteiger partial charge < -0.3 is 5.11 Å². The molecule has 1 amide bonds. The molecule has 0 radical (unpaired) electrons. The first kappa shape index (κ1) is 19.6. The van der Waals surface area contributed by atoms with Gasteiger partial charge in [0.15, 0.2) is 0 Å². The van der Waals surface area contributed by atoms with Gasteiger partial charge in [-0.3, -0.25) is 14.5 Å². The van der Waals surface area contributed by atoms with Gasteiger partial charge in [0.25, 0.3) is 5.91 Å². The summed E-state index contributed by atoms with van der Waals surface area (Å²) in [5.74, 6) is -1.07. The van der Waals surface area contributed by atoms with E-state index in [0.29, 0.717) is 22.2 Å². The van der Waals surface area contributed by atoms with Crippen LogP contribution in [-0.2, 0) is 9.59 Å². The number of thiocarbonyl (C=S) groups is 1. The topological polar surface area (TPSA) is 70.5 Å². The highest BCUT2D eigenvalue weighted by atomic mass is 32.2. The third-order valence-electron chi connectivity index (χ3n) is 3.69. The highest BCUT2D eigenvalue weighted by Gasteiger charge is 2.31. The Labute approximate surface area is 170 Å². The number of rotatable bonds is 7. The van der Waals surface area contributed by atoms with Gasteiger partial charge in [0.05, 0.1) is 4.91 Å². The van der Waals surface area contributed by atoms with Crippen molar-refractivity contribution in [2.45, 2.75) is 22.8 Å². The number of hydrogen-bond donors (Lipinski definition) is 1. The number of carboxylic acids is 1. The first-order chi connectivity index (χ1) is 13.0. The molecule has 0 saturated carbocycles. The maximum atomic E-state index is 12.6. The number of hydrogen-bond acceptors (Lipinski definition) is 6. The van der Waals surface area contributed by atoms with Gasteiger partial charge in [-0.05, 0) is 30.7 Å². The summed E-state index contributed by atoms with van der Waals surface area (Å²) in [7, 11) is 0. The lowest BCUT2D eigenvalue weighted by Gasteiger charge is -2.13. The third-order valence-corrected chi connectivity index (χ3v) is 6.11. The van der Waals surface area contributed by atoms with E-state index < -0.39 is 5.97 Å². The van der Waals surface area contributed by atoms with E-state index in [-0.39, 0.29) is 12.3 Å². The van der Waals surface area contributed by atoms with E-state index in [9.17, 15) is 9.59 Å². The first-order valence-electron chi connectivity index (χ1n) is 8.19. The zero-order valence-electron chi connectivity index (χ0n) is 14.2. The number of benzene rings is 1. The van der Waals surface area contributed by atoms with Crippen LogP contribution >= 0.6 is 35.7 Å². The number of aromatic nitrogens is 1. The van der Waals surface area contributed by atoms with Crippen LogP contribution in [0, 0.1) is 0 Å². The van der Waals surface area contributed by atoms with E-state index in [1.807, 2.05) is 42.5 Å². The second-order valence-corrected chi connectivity index (χ2v) is 8.38. The number of nitrogens with zero attached hydrogens (tertiary/aromatic N) is 2. The summed E-state index contributed by atoms with van der Waals surface area (Å²) in [6.45, 7) is 0.312. The molecule has 1 N–H and O–H groups in total. The van der Waals surface area contributed by atoms with Crippen molar-refractivity contribution in [3.05, 3.63) is 59.1 Å². The maximum absolute atomic E-state index is 12.6. The van der Waals surface area contributed by atoms with Crippen LogP contribution in [0.2, 0.25) is 0 Å². The summed E-state index contributed by atoms with van der Waals surface area (Å²) in [4.78, 5) is 30.8. The van der Waals surface area contributed by atoms with Gasteiger partial charge >= 0.3 is 5.97 Å². The minimum absolute atomic E-state index is 0.0105. The van der Waals surface area contributed by atoms with Crippen molar-refractivity contribution in [3.8, 4) is 0 Å². The molecule has 0 atom stereocenters. The highest BCUT2D eigenvalue weighted by Crippen LogP contribution is 2.35. The van der Waals surface area contributed by atoms with Gasteiger partial charge in [-0.2, -0.15) is 0 Å². The van der Waals surface area contributed by atoms with Crippen LogP contribution in [0.25, 0.3) is 6.08 Å². The van der Waals surface area contributed by atoms with Crippen LogP contribution < -0.4 is 0 Å². The standard InChI is InChI=1S/C19H16N2O3S3/c22-16(23)9-5-11-21-18(24)15(27-19(21)25)12-13-6-4-10-20-17(13)26-14-7-2-1-3-8-14/h1-4,6-8,10,12H,5,9,11H2,(H,22,23)/b15-12-. The molecule has 2 aromatic rings. The Balaban J connectivity index is 1.78. The molecule has 1 aromatic heterocycles. The minimum Gasteiger partial charge on any atom is -0.481 e. The Morgan fingerprint density at radius 1 is 1.26 bits per heavy atom. The fourth-order valence-corrected chi connectivity index (χ4v) is 4.60. The van der Waals surface area contributed by atoms with E-state index in [1.165, 1.54) is 28.4 Å². The molecule has 3 rings (SSSR count). The third kappa shape index (κ3) is 5.18. The number of carbonyl (C=O) groups is 2. The van der Waals surface area contributed by atoms with Crippen molar-refractivity contribution >= 4 is 58.0 Å². The SMILES string of the molecule is O=C(O)CCCN1C(=O)/C(=C/c2cccnc2Sc2ccccc2)SC1=S. The minimum atomic E-state index is -0.881. The molecule has 27 heavy (non-hydrogen) atoms. The van der Waals surface area contributed by atoms with Crippen LogP contribution in [0.4, 0.5) is 0 Å². The molecule has 8 heteroatoms. The van der Waals surface area contributed by atoms with E-state index in [2.05, 4.69) is 4.98 Å². The molecule has 0 spiro atoms. The summed E-state index contributed by atoms with van der Waals surface area (Å²) < 4.78 is 0.456. The molecule has 2 heterocycles. The predicted octanol–water partition coefficient (Wildman–Crippen LogP) is 4.30. The van der Waals surface area contributed by atoms with Crippen LogP contribution in [-0.4, -0.2) is 37.7 Å². The average Bonchev–Trinajstić information content (AvgIpc) is 2.91. The van der Waals surface area contributed by atoms with Gasteiger partial charge in [-0.25, -0.2) is 4.98 Å². The molecule has 1 aliphatic rings. The Kier molecular flexibility index (Phi) is 6.65. The fourth-order valence-electron chi connectivity index (χ4n) is 2.42. The number of pyridine rings is 1. The smallest absolute Gasteiger partial charge is 0.303 e. The molecule has 5 nitrogen and oxygen atoms in total. The monoisotopic (exact) mass is 416 g/mol. The van der Waals surface area contributed by atoms with Gasteiger partial charge in [0.2, 0.25) is 0 Å². The van der Waals surface area contributed by atoms with Crippen molar-refractivity contribution in [2.24, 2.45) is 0 Å². The number of carbonyl (C=O) groups excluding carboxylic acids is 1. The van der Waals surface area contributed by atoms with Gasteiger partial charge in [0, 0.05) is 29.6 Å². The normalized spacial score (nSPS) is 15.6. The maximum Gasteiger partial charge on any atom is 0.303 e. The van der Waals surface area contributed by atoms with Gasteiger partial charge in [0.1, 0.15) is 9.35 Å². The van der Waals surface area contributed by atoms with Crippen molar-refractivity contribution in [3.63, 3.8) is 0 Å². The molecule has 0 aliphatic carbocycles. The van der Waals surface area contributed by atoms with E-state index in [0.717, 1.165) is 15.5 Å². The van der Waals surface area contributed by atoms with Crippen LogP contribution in [0.15, 0.2) is 63.5 Å². The molecular formula is C19H16N2O3S3. The molecule has 1 saturated heterocycles. The average molecular weight is 417 g/mol. The fraction of sp³-hybridized carbons (Fsp3) is 0.158. The molecule has 0 unspecified atom stereocenters. The van der Waals surface area contributed by atoms with Gasteiger partial charge in [-0.15, -0.1) is 0 Å². The molecule has 0 bridgehead atoms. The number of aliphatic carboxylic acids is 1. The second-order valence-electron chi connectivity index (χ2n) is 5.64. The molecule has 1 aliphatic heterocycles. The van der Waals surface area contributed by atoms with Crippen LogP contribution in [0.5, 0.6) is 0 Å². The first-order valence-corrected chi connectivity index (χ1v) is 10.2. The molecule has 138 valence electrons. The lowest BCUT2D eigenvalue weighted by molar-refractivity contribution is -0.137. The molecule has 1 fully saturated rings. The van der Waals surface area contributed by atoms with Crippen molar-refractivity contribution in [1.29, 1.82) is 0 Å². The summed E-state index contributed by atoms with van der Waals surface area (Å²) in [5, 5.41) is 9.56. The number of carboxylic acid groups (broad SMARTS) is 1. The van der Waals surface area contributed by atoms with E-state index in [4.69, 9.17) is 17.3 Å². The summed E-state index contributed by atoms with van der Waals surface area (Å²) in [5.41, 5.74) is 0.845. The Morgan fingerprint density at radius 3 is 2.78 bits per heavy atom. The Hall–Kier alpha value is -2.16. The predicted molar refractivity (Wildman–Crippen MR) is 112 cm³/mol. The summed E-state index contributed by atoms with van der Waals surface area (Å²) in [6.07, 6.45) is 3.90. The quantitative estimate of drug-likeness (QED) is 0.533. The lowest BCUT2D eigenvalue weighted by atomic mass is 10.2. The van der Waals surface area contributed by atoms with Gasteiger partial charge in [-0.1, -0.05) is 60.0 Å². The van der Waals surface area contributed by atoms with Crippen molar-refractivity contribution in [2.75, 3.05) is 6.54 Å². The van der Waals surface area contributed by atoms with Crippen LogP contribution in [0.3, 0.4) is 0 Å². The largest absolute Gasteiger partial charge is 0.481 e. The zero-order valence-corrected chi connectivity index (χ0v) is 16.6. The Bertz CT molecular complexity index is 900. The molecule has 1 aromatic carbocycles. The number of amides is 1. The Morgan fingerprint density at radius 2 is 2.04 bits per heavy atom. The summed E-state index contributed by atoms with van der Waals surface area (Å²) >= 11 is 8.05. The summed E-state index contributed by atoms with van der Waals surface area (Å²) in [6, 6.07) is 13.6. The van der Waals surface area contributed by atoms with E-state index >= 15 is 0 Å². The van der Waals surface area contributed by atoms with E-state index in [1.54, 1.807) is 12.3 Å². The van der Waals surface area contributed by atoms with Crippen molar-refractivity contribution < 1.29 is 14.7 Å². The molecular weight excluding hydrogens is 400 g/mol.